The van der Waals surface area contributed by atoms with Crippen molar-refractivity contribution < 1.29 is 0 Å². The van der Waals surface area contributed by atoms with Gasteiger partial charge in [-0.25, -0.2) is 4.79 Å². The first-order valence-electron chi connectivity index (χ1n) is 2.39. The summed E-state index contributed by atoms with van der Waals surface area (Å²) in [5, 5.41) is 0. The lowest BCUT2D eigenvalue weighted by Gasteiger charge is -1.92. The zero-order valence-electron chi connectivity index (χ0n) is 4.77. The molecule has 0 spiro atoms. The fraction of sp³-hybridized carbons (Fsp3) is 0. The highest BCUT2D eigenvalue weighted by atomic mass is 127. The van der Waals surface area contributed by atoms with Crippen molar-refractivity contribution in [2.24, 2.45) is 0 Å². The zero-order chi connectivity index (χ0) is 7.72. The topological polar surface area (TPSA) is 91.7 Å². The average Bonchev–Trinajstić information content (AvgIpc) is 1.82. The van der Waals surface area contributed by atoms with Crippen molar-refractivity contribution in [2.45, 2.75) is 0 Å². The molecule has 5 nitrogen and oxygen atoms in total. The Balaban J connectivity index is 3.62. The van der Waals surface area contributed by atoms with Crippen LogP contribution in [0.15, 0.2) is 9.59 Å². The lowest BCUT2D eigenvalue weighted by Crippen LogP contribution is -2.25. The van der Waals surface area contributed by atoms with E-state index in [0.717, 1.165) is 0 Å². The Morgan fingerprint density at radius 3 is 2.40 bits per heavy atom. The number of rotatable bonds is 0. The van der Waals surface area contributed by atoms with Crippen LogP contribution in [-0.2, 0) is 0 Å². The number of anilines is 1. The number of hydrogen-bond donors (Lipinski definition) is 3. The molecule has 54 valence electrons. The Bertz CT molecular complexity index is 352. The number of nitrogen functional groups attached to an aromatic ring is 1. The van der Waals surface area contributed by atoms with Crippen LogP contribution in [0.1, 0.15) is 0 Å². The third-order valence-electron chi connectivity index (χ3n) is 0.911. The van der Waals surface area contributed by atoms with E-state index in [0.29, 0.717) is 3.57 Å². The minimum absolute atomic E-state index is 0.106. The molecule has 0 fully saturated rings. The van der Waals surface area contributed by atoms with Crippen LogP contribution in [0.25, 0.3) is 0 Å². The zero-order valence-corrected chi connectivity index (χ0v) is 6.93. The molecule has 0 aliphatic heterocycles. The Kier molecular flexibility index (Phi) is 1.79. The summed E-state index contributed by atoms with van der Waals surface area (Å²) in [5.74, 6) is 0.106. The van der Waals surface area contributed by atoms with Gasteiger partial charge in [-0.3, -0.25) is 14.8 Å². The molecule has 4 N–H and O–H groups in total. The van der Waals surface area contributed by atoms with Gasteiger partial charge in [-0.1, -0.05) is 0 Å². The van der Waals surface area contributed by atoms with Gasteiger partial charge in [0.05, 0.1) is 0 Å². The molecular weight excluding hydrogens is 249 g/mol. The van der Waals surface area contributed by atoms with Crippen molar-refractivity contribution >= 4 is 28.4 Å². The minimum Gasteiger partial charge on any atom is -0.384 e. The van der Waals surface area contributed by atoms with Crippen molar-refractivity contribution in [3.63, 3.8) is 0 Å². The maximum Gasteiger partial charge on any atom is 0.327 e. The monoisotopic (exact) mass is 253 g/mol. The van der Waals surface area contributed by atoms with Gasteiger partial charge in [0.25, 0.3) is 5.56 Å². The van der Waals surface area contributed by atoms with Crippen molar-refractivity contribution in [2.75, 3.05) is 5.73 Å². The molecule has 0 unspecified atom stereocenters. The van der Waals surface area contributed by atoms with Crippen molar-refractivity contribution in [1.29, 1.82) is 0 Å². The molecule has 0 saturated carbocycles. The Hall–Kier alpha value is -0.790. The van der Waals surface area contributed by atoms with Gasteiger partial charge in [-0.15, -0.1) is 0 Å². The second kappa shape index (κ2) is 2.45. The van der Waals surface area contributed by atoms with Crippen molar-refractivity contribution in [3.05, 3.63) is 24.4 Å². The maximum absolute atomic E-state index is 10.7. The molecule has 0 saturated heterocycles. The van der Waals surface area contributed by atoms with Gasteiger partial charge in [-0.05, 0) is 22.6 Å². The molecule has 0 aliphatic carbocycles. The second-order valence-corrected chi connectivity index (χ2v) is 2.71. The molecule has 0 bridgehead atoms. The summed E-state index contributed by atoms with van der Waals surface area (Å²) in [4.78, 5) is 25.4. The first-order valence-corrected chi connectivity index (χ1v) is 3.46. The minimum atomic E-state index is -0.581. The highest BCUT2D eigenvalue weighted by molar-refractivity contribution is 14.1. The van der Waals surface area contributed by atoms with Crippen molar-refractivity contribution in [1.82, 2.24) is 9.97 Å². The van der Waals surface area contributed by atoms with Crippen LogP contribution in [0.5, 0.6) is 0 Å². The highest BCUT2D eigenvalue weighted by Crippen LogP contribution is 2.00. The number of nitrogens with two attached hydrogens (primary N) is 1. The molecular formula is C4H4IN3O2. The van der Waals surface area contributed by atoms with Crippen LogP contribution in [0.4, 0.5) is 5.82 Å². The third-order valence-corrected chi connectivity index (χ3v) is 1.98. The molecule has 10 heavy (non-hydrogen) atoms. The summed E-state index contributed by atoms with van der Waals surface area (Å²) in [6, 6.07) is 0. The first-order chi connectivity index (χ1) is 4.61. The molecule has 0 amide bonds. The average molecular weight is 253 g/mol. The van der Waals surface area contributed by atoms with Gasteiger partial charge in [-0.2, -0.15) is 0 Å². The SMILES string of the molecule is Nc1[nH]c(=O)[nH]c(=O)c1I. The lowest BCUT2D eigenvalue weighted by atomic mass is 10.6. The van der Waals surface area contributed by atoms with E-state index in [4.69, 9.17) is 5.73 Å². The standard InChI is InChI=1S/C4H4IN3O2/c5-1-2(6)7-4(10)8-3(1)9/h(H4,6,7,8,9,10). The number of aromatic amines is 2. The fourth-order valence-corrected chi connectivity index (χ4v) is 0.758. The van der Waals surface area contributed by atoms with Gasteiger partial charge in [0.1, 0.15) is 9.39 Å². The molecule has 0 radical (unpaired) electrons. The summed E-state index contributed by atoms with van der Waals surface area (Å²) < 4.78 is 0.303. The molecule has 6 heteroatoms. The second-order valence-electron chi connectivity index (χ2n) is 1.64. The highest BCUT2D eigenvalue weighted by Gasteiger charge is 1.99. The number of H-pyrrole nitrogens is 2. The van der Waals surface area contributed by atoms with Crippen LogP contribution >= 0.6 is 22.6 Å². The third kappa shape index (κ3) is 1.20. The normalized spacial score (nSPS) is 9.70. The summed E-state index contributed by atoms with van der Waals surface area (Å²) >= 11 is 1.75. The Morgan fingerprint density at radius 1 is 1.30 bits per heavy atom. The summed E-state index contributed by atoms with van der Waals surface area (Å²) in [5.41, 5.74) is 4.20. The quantitative estimate of drug-likeness (QED) is 0.531. The number of aromatic nitrogens is 2. The summed E-state index contributed by atoms with van der Waals surface area (Å²) in [7, 11) is 0. The Morgan fingerprint density at radius 2 is 1.90 bits per heavy atom. The smallest absolute Gasteiger partial charge is 0.327 e. The molecule has 0 aromatic carbocycles. The van der Waals surface area contributed by atoms with Crippen LogP contribution in [-0.4, -0.2) is 9.97 Å². The summed E-state index contributed by atoms with van der Waals surface area (Å²) in [6.45, 7) is 0. The summed E-state index contributed by atoms with van der Waals surface area (Å²) in [6.07, 6.45) is 0. The van der Waals surface area contributed by atoms with E-state index in [1.165, 1.54) is 0 Å². The largest absolute Gasteiger partial charge is 0.384 e. The maximum atomic E-state index is 10.7. The van der Waals surface area contributed by atoms with Gasteiger partial charge >= 0.3 is 5.69 Å². The van der Waals surface area contributed by atoms with Crippen LogP contribution in [0.2, 0.25) is 0 Å². The van der Waals surface area contributed by atoms with Crippen LogP contribution < -0.4 is 17.0 Å². The number of halogens is 1. The predicted octanol–water partition coefficient (Wildman–Crippen LogP) is -0.750. The van der Waals surface area contributed by atoms with E-state index < -0.39 is 11.2 Å². The van der Waals surface area contributed by atoms with E-state index in [1.807, 2.05) is 4.98 Å². The molecule has 1 aromatic heterocycles. The van der Waals surface area contributed by atoms with E-state index in [1.54, 1.807) is 22.6 Å². The van der Waals surface area contributed by atoms with Crippen LogP contribution in [0.3, 0.4) is 0 Å². The first kappa shape index (κ1) is 7.32. The van der Waals surface area contributed by atoms with E-state index in [-0.39, 0.29) is 5.82 Å². The molecule has 0 atom stereocenters. The van der Waals surface area contributed by atoms with Gasteiger partial charge < -0.3 is 5.73 Å². The Labute approximate surface area is 68.8 Å². The van der Waals surface area contributed by atoms with Gasteiger partial charge in [0.15, 0.2) is 0 Å². The molecule has 0 aliphatic rings. The lowest BCUT2D eigenvalue weighted by molar-refractivity contribution is 1.03. The van der Waals surface area contributed by atoms with E-state index >= 15 is 0 Å². The van der Waals surface area contributed by atoms with Crippen molar-refractivity contribution in [3.8, 4) is 0 Å². The predicted molar refractivity (Wildman–Crippen MR) is 44.8 cm³/mol. The number of nitrogens with one attached hydrogen (secondary N) is 2. The van der Waals surface area contributed by atoms with E-state index in [2.05, 4.69) is 4.98 Å². The number of hydrogen-bond acceptors (Lipinski definition) is 3. The molecule has 1 heterocycles. The van der Waals surface area contributed by atoms with Crippen LogP contribution in [0, 0.1) is 3.57 Å². The van der Waals surface area contributed by atoms with Gasteiger partial charge in [0.2, 0.25) is 0 Å². The van der Waals surface area contributed by atoms with E-state index in [9.17, 15) is 9.59 Å². The molecule has 1 rings (SSSR count). The fourth-order valence-electron chi connectivity index (χ4n) is 0.489. The van der Waals surface area contributed by atoms with Gasteiger partial charge in [0, 0.05) is 0 Å². The molecule has 1 aromatic rings.